The van der Waals surface area contributed by atoms with Crippen LogP contribution in [-0.2, 0) is 4.79 Å². The normalized spacial score (nSPS) is 14.8. The van der Waals surface area contributed by atoms with E-state index in [4.69, 9.17) is 16.0 Å². The van der Waals surface area contributed by atoms with Gasteiger partial charge < -0.3 is 14.8 Å². The number of furan rings is 1. The van der Waals surface area contributed by atoms with Crippen LogP contribution in [0.15, 0.2) is 116 Å². The molecule has 1 aliphatic heterocycles. The van der Waals surface area contributed by atoms with Gasteiger partial charge in [0.15, 0.2) is 4.80 Å². The van der Waals surface area contributed by atoms with Crippen LogP contribution in [0, 0.1) is 0 Å². The lowest BCUT2D eigenvalue weighted by atomic mass is 9.95. The molecular weight excluding hydrogens is 574 g/mol. The van der Waals surface area contributed by atoms with Crippen LogP contribution in [0.3, 0.4) is 0 Å². The van der Waals surface area contributed by atoms with Crippen molar-refractivity contribution in [2.24, 2.45) is 4.99 Å². The standard InChI is InChI=1S/C32H22ClN3O5S/c1-18-27(29(37)35-21-10-6-3-7-11-21)28(19-8-4-2-5-9-19)36-30(38)26(42-32(36)34-18)17-22-13-15-25(41-22)20-12-14-23(31(39)40)24(33)16-20/h2-17,28H,1H3,(H,35,37)(H,39,40)/b26-17-/t28-/m0/s1. The quantitative estimate of drug-likeness (QED) is 0.270. The fourth-order valence-corrected chi connectivity index (χ4v) is 6.13. The zero-order valence-electron chi connectivity index (χ0n) is 22.1. The van der Waals surface area contributed by atoms with Gasteiger partial charge in [0.05, 0.1) is 32.4 Å². The first-order chi connectivity index (χ1) is 20.3. The molecule has 10 heteroatoms. The molecule has 0 spiro atoms. The molecule has 1 aliphatic rings. The van der Waals surface area contributed by atoms with Crippen molar-refractivity contribution in [3.8, 4) is 11.3 Å². The fraction of sp³-hybridized carbons (Fsp3) is 0.0625. The van der Waals surface area contributed by atoms with Crippen LogP contribution in [0.5, 0.6) is 0 Å². The highest BCUT2D eigenvalue weighted by Crippen LogP contribution is 2.31. The number of thiazole rings is 1. The number of anilines is 1. The smallest absolute Gasteiger partial charge is 0.337 e. The Labute approximate surface area is 248 Å². The molecule has 1 amide bonds. The van der Waals surface area contributed by atoms with Crippen molar-refractivity contribution in [2.75, 3.05) is 5.32 Å². The van der Waals surface area contributed by atoms with Crippen molar-refractivity contribution in [1.82, 2.24) is 4.57 Å². The largest absolute Gasteiger partial charge is 0.478 e. The summed E-state index contributed by atoms with van der Waals surface area (Å²) < 4.78 is 7.90. The molecule has 0 unspecified atom stereocenters. The van der Waals surface area contributed by atoms with Crippen LogP contribution in [0.4, 0.5) is 5.69 Å². The number of amides is 1. The molecule has 6 rings (SSSR count). The molecule has 0 saturated heterocycles. The molecule has 0 saturated carbocycles. The first-order valence-corrected chi connectivity index (χ1v) is 14.1. The predicted molar refractivity (Wildman–Crippen MR) is 161 cm³/mol. The van der Waals surface area contributed by atoms with E-state index in [2.05, 4.69) is 10.3 Å². The summed E-state index contributed by atoms with van der Waals surface area (Å²) in [6.45, 7) is 1.77. The first-order valence-electron chi connectivity index (χ1n) is 12.9. The number of nitrogens with zero attached hydrogens (tertiary/aromatic N) is 2. The van der Waals surface area contributed by atoms with E-state index in [0.29, 0.717) is 43.4 Å². The fourth-order valence-electron chi connectivity index (χ4n) is 4.84. The van der Waals surface area contributed by atoms with Crippen LogP contribution in [-0.4, -0.2) is 21.6 Å². The lowest BCUT2D eigenvalue weighted by Gasteiger charge is -2.25. The van der Waals surface area contributed by atoms with Gasteiger partial charge in [0, 0.05) is 17.3 Å². The van der Waals surface area contributed by atoms with Gasteiger partial charge in [-0.25, -0.2) is 9.79 Å². The molecule has 0 aliphatic carbocycles. The van der Waals surface area contributed by atoms with E-state index in [1.165, 1.54) is 23.5 Å². The van der Waals surface area contributed by atoms with E-state index >= 15 is 0 Å². The van der Waals surface area contributed by atoms with Crippen molar-refractivity contribution < 1.29 is 19.1 Å². The molecule has 8 nitrogen and oxygen atoms in total. The zero-order valence-corrected chi connectivity index (χ0v) is 23.6. The minimum Gasteiger partial charge on any atom is -0.478 e. The Morgan fingerprint density at radius 2 is 1.74 bits per heavy atom. The van der Waals surface area contributed by atoms with E-state index in [0.717, 1.165) is 5.56 Å². The number of carbonyl (C=O) groups is 2. The van der Waals surface area contributed by atoms with Crippen molar-refractivity contribution in [3.05, 3.63) is 144 Å². The molecule has 0 bridgehead atoms. The van der Waals surface area contributed by atoms with Gasteiger partial charge in [0.2, 0.25) is 0 Å². The minimum atomic E-state index is -1.12. The first kappa shape index (κ1) is 27.2. The highest BCUT2D eigenvalue weighted by Gasteiger charge is 2.32. The van der Waals surface area contributed by atoms with E-state index < -0.39 is 12.0 Å². The average molecular weight is 596 g/mol. The number of carbonyl (C=O) groups excluding carboxylic acids is 1. The Morgan fingerprint density at radius 1 is 1.02 bits per heavy atom. The number of fused-ring (bicyclic) bond motifs is 1. The molecule has 5 aromatic rings. The summed E-state index contributed by atoms with van der Waals surface area (Å²) in [5.74, 6) is -0.575. The SMILES string of the molecule is CC1=C(C(=O)Nc2ccccc2)[C@H](c2ccccc2)n2c(s/c(=C\c3ccc(-c4ccc(C(=O)O)c(Cl)c4)o3)c2=O)=N1. The number of carboxylic acid groups (broad SMARTS) is 1. The molecule has 2 N–H and O–H groups in total. The van der Waals surface area contributed by atoms with Crippen molar-refractivity contribution in [2.45, 2.75) is 13.0 Å². The third kappa shape index (κ3) is 5.11. The van der Waals surface area contributed by atoms with Crippen LogP contribution >= 0.6 is 22.9 Å². The van der Waals surface area contributed by atoms with Crippen LogP contribution in [0.2, 0.25) is 5.02 Å². The number of hydrogen-bond acceptors (Lipinski definition) is 6. The summed E-state index contributed by atoms with van der Waals surface area (Å²) in [7, 11) is 0. The highest BCUT2D eigenvalue weighted by atomic mass is 35.5. The number of hydrogen-bond donors (Lipinski definition) is 2. The summed E-state index contributed by atoms with van der Waals surface area (Å²) in [4.78, 5) is 43.9. The van der Waals surface area contributed by atoms with E-state index in [1.807, 2.05) is 48.5 Å². The summed E-state index contributed by atoms with van der Waals surface area (Å²) in [6, 6.07) is 25.8. The average Bonchev–Trinajstić information content (AvgIpc) is 3.57. The van der Waals surface area contributed by atoms with E-state index in [9.17, 15) is 19.5 Å². The van der Waals surface area contributed by atoms with Crippen molar-refractivity contribution in [1.29, 1.82) is 0 Å². The number of carboxylic acids is 1. The van der Waals surface area contributed by atoms with Crippen LogP contribution in [0.1, 0.15) is 34.6 Å². The van der Waals surface area contributed by atoms with Gasteiger partial charge in [0.25, 0.3) is 11.5 Å². The number of aromatic carboxylic acids is 1. The summed E-state index contributed by atoms with van der Waals surface area (Å²) >= 11 is 7.33. The molecule has 3 aromatic carbocycles. The maximum atomic E-state index is 13.9. The molecule has 2 aromatic heterocycles. The Balaban J connectivity index is 1.41. The number of benzene rings is 3. The maximum absolute atomic E-state index is 13.9. The van der Waals surface area contributed by atoms with Gasteiger partial charge in [0.1, 0.15) is 11.5 Å². The molecule has 0 radical (unpaired) electrons. The number of nitrogens with one attached hydrogen (secondary N) is 1. The Kier molecular flexibility index (Phi) is 7.20. The lowest BCUT2D eigenvalue weighted by molar-refractivity contribution is -0.113. The van der Waals surface area contributed by atoms with Gasteiger partial charge in [-0.3, -0.25) is 14.2 Å². The molecule has 1 atom stereocenters. The summed E-state index contributed by atoms with van der Waals surface area (Å²) in [6.07, 6.45) is 1.63. The summed E-state index contributed by atoms with van der Waals surface area (Å²) in [5, 5.41) is 12.3. The number of rotatable bonds is 6. The maximum Gasteiger partial charge on any atom is 0.337 e. The Morgan fingerprint density at radius 3 is 2.43 bits per heavy atom. The predicted octanol–water partition coefficient (Wildman–Crippen LogP) is 5.49. The number of allylic oxidation sites excluding steroid dienone is 1. The van der Waals surface area contributed by atoms with E-state index in [-0.39, 0.29) is 22.1 Å². The third-order valence-electron chi connectivity index (χ3n) is 6.80. The molecular formula is C32H22ClN3O5S. The third-order valence-corrected chi connectivity index (χ3v) is 8.09. The van der Waals surface area contributed by atoms with Crippen LogP contribution < -0.4 is 20.2 Å². The molecule has 208 valence electrons. The lowest BCUT2D eigenvalue weighted by Crippen LogP contribution is -2.40. The Hall–Kier alpha value is -4.99. The van der Waals surface area contributed by atoms with Crippen molar-refractivity contribution >= 4 is 46.6 Å². The van der Waals surface area contributed by atoms with Gasteiger partial charge in [-0.1, -0.05) is 77.5 Å². The van der Waals surface area contributed by atoms with Gasteiger partial charge in [-0.15, -0.1) is 0 Å². The molecule has 42 heavy (non-hydrogen) atoms. The topological polar surface area (TPSA) is 114 Å². The second-order valence-corrected chi connectivity index (χ2v) is 10.9. The molecule has 0 fully saturated rings. The second kappa shape index (κ2) is 11.1. The second-order valence-electron chi connectivity index (χ2n) is 9.51. The zero-order chi connectivity index (χ0) is 29.4. The molecule has 3 heterocycles. The van der Waals surface area contributed by atoms with E-state index in [1.54, 1.807) is 47.9 Å². The van der Waals surface area contributed by atoms with Gasteiger partial charge in [-0.05, 0) is 48.9 Å². The van der Waals surface area contributed by atoms with Crippen molar-refractivity contribution in [3.63, 3.8) is 0 Å². The number of aromatic nitrogens is 1. The van der Waals surface area contributed by atoms with Gasteiger partial charge >= 0.3 is 5.97 Å². The number of para-hydroxylation sites is 1. The minimum absolute atomic E-state index is 0.00612. The monoisotopic (exact) mass is 595 g/mol. The summed E-state index contributed by atoms with van der Waals surface area (Å²) in [5.41, 5.74) is 2.60. The Bertz CT molecular complexity index is 2060. The highest BCUT2D eigenvalue weighted by molar-refractivity contribution is 7.07. The van der Waals surface area contributed by atoms with Crippen LogP contribution in [0.25, 0.3) is 17.4 Å². The van der Waals surface area contributed by atoms with Gasteiger partial charge in [-0.2, -0.15) is 0 Å². The number of halogens is 1.